The molecule has 5 heteroatoms. The predicted octanol–water partition coefficient (Wildman–Crippen LogP) is 2.66. The highest BCUT2D eigenvalue weighted by molar-refractivity contribution is 5.92. The Bertz CT molecular complexity index is 665. The summed E-state index contributed by atoms with van der Waals surface area (Å²) in [7, 11) is 0. The van der Waals surface area contributed by atoms with Crippen molar-refractivity contribution in [1.82, 2.24) is 4.90 Å². The minimum Gasteiger partial charge on any atom is -0.489 e. The number of nitrogens with zero attached hydrogens (tertiary/aromatic N) is 1. The van der Waals surface area contributed by atoms with Gasteiger partial charge in [0.05, 0.1) is 12.6 Å². The van der Waals surface area contributed by atoms with Crippen molar-refractivity contribution in [3.05, 3.63) is 60.2 Å². The lowest BCUT2D eigenvalue weighted by atomic mass is 10.1. The second-order valence-corrected chi connectivity index (χ2v) is 6.35. The van der Waals surface area contributed by atoms with Crippen LogP contribution in [0.25, 0.3) is 0 Å². The molecule has 0 unspecified atom stereocenters. The summed E-state index contributed by atoms with van der Waals surface area (Å²) in [4.78, 5) is 14.2. The van der Waals surface area contributed by atoms with Crippen LogP contribution in [0.4, 0.5) is 5.69 Å². The Labute approximate surface area is 148 Å². The normalized spacial score (nSPS) is 15.7. The third-order valence-corrected chi connectivity index (χ3v) is 4.31. The summed E-state index contributed by atoms with van der Waals surface area (Å²) in [5.41, 5.74) is 1.88. The number of likely N-dealkylation sites (tertiary alicyclic amines) is 1. The molecule has 2 aromatic rings. The average Bonchev–Trinajstić information content (AvgIpc) is 2.64. The molecule has 1 saturated heterocycles. The number of rotatable bonds is 6. The maximum absolute atomic E-state index is 12.1. The van der Waals surface area contributed by atoms with Gasteiger partial charge in [0.25, 0.3) is 0 Å². The van der Waals surface area contributed by atoms with Gasteiger partial charge in [-0.05, 0) is 42.7 Å². The number of carbonyl (C=O) groups excluding carboxylic acids is 1. The number of ether oxygens (including phenoxy) is 1. The zero-order chi connectivity index (χ0) is 17.5. The molecule has 0 spiro atoms. The summed E-state index contributed by atoms with van der Waals surface area (Å²) in [6.07, 6.45) is 1.25. The van der Waals surface area contributed by atoms with Gasteiger partial charge in [-0.25, -0.2) is 0 Å². The first-order valence-electron chi connectivity index (χ1n) is 8.66. The van der Waals surface area contributed by atoms with Crippen molar-refractivity contribution < 1.29 is 14.6 Å². The van der Waals surface area contributed by atoms with Crippen LogP contribution in [0.3, 0.4) is 0 Å². The standard InChI is InChI=1S/C20H24N2O3/c23-18-10-12-22(13-11-18)14-20(24)21-17-6-8-19(9-7-17)25-15-16-4-2-1-3-5-16/h1-9,18,23H,10-15H2,(H,21,24). The number of aliphatic hydroxyl groups is 1. The van der Waals surface area contributed by atoms with E-state index >= 15 is 0 Å². The van der Waals surface area contributed by atoms with Gasteiger partial charge in [-0.3, -0.25) is 9.69 Å². The van der Waals surface area contributed by atoms with Crippen LogP contribution < -0.4 is 10.1 Å². The molecule has 0 radical (unpaired) electrons. The lowest BCUT2D eigenvalue weighted by molar-refractivity contribution is -0.117. The number of nitrogens with one attached hydrogen (secondary N) is 1. The highest BCUT2D eigenvalue weighted by Gasteiger charge is 2.18. The van der Waals surface area contributed by atoms with Gasteiger partial charge in [0.1, 0.15) is 12.4 Å². The SMILES string of the molecule is O=C(CN1CCC(O)CC1)Nc1ccc(OCc2ccccc2)cc1. The number of aliphatic hydroxyl groups excluding tert-OH is 1. The first kappa shape index (κ1) is 17.5. The molecule has 2 aromatic carbocycles. The Morgan fingerprint density at radius 1 is 1.08 bits per heavy atom. The zero-order valence-corrected chi connectivity index (χ0v) is 14.2. The van der Waals surface area contributed by atoms with Crippen LogP contribution >= 0.6 is 0 Å². The summed E-state index contributed by atoms with van der Waals surface area (Å²) in [6, 6.07) is 17.4. The molecule has 1 heterocycles. The van der Waals surface area contributed by atoms with Gasteiger partial charge in [-0.15, -0.1) is 0 Å². The molecule has 0 atom stereocenters. The first-order valence-corrected chi connectivity index (χ1v) is 8.66. The number of hydrogen-bond acceptors (Lipinski definition) is 4. The van der Waals surface area contributed by atoms with Crippen LogP contribution in [0, 0.1) is 0 Å². The van der Waals surface area contributed by atoms with Crippen LogP contribution in [0.15, 0.2) is 54.6 Å². The quantitative estimate of drug-likeness (QED) is 0.849. The Morgan fingerprint density at radius 2 is 1.76 bits per heavy atom. The van der Waals surface area contributed by atoms with E-state index in [2.05, 4.69) is 10.2 Å². The highest BCUT2D eigenvalue weighted by Crippen LogP contribution is 2.17. The van der Waals surface area contributed by atoms with Gasteiger partial charge in [-0.1, -0.05) is 30.3 Å². The smallest absolute Gasteiger partial charge is 0.238 e. The zero-order valence-electron chi connectivity index (χ0n) is 14.2. The first-order chi connectivity index (χ1) is 12.2. The molecule has 1 amide bonds. The molecule has 5 nitrogen and oxygen atoms in total. The molecular formula is C20H24N2O3. The van der Waals surface area contributed by atoms with Gasteiger partial charge < -0.3 is 15.2 Å². The molecule has 25 heavy (non-hydrogen) atoms. The van der Waals surface area contributed by atoms with E-state index in [1.165, 1.54) is 0 Å². The Balaban J connectivity index is 1.44. The van der Waals surface area contributed by atoms with E-state index in [1.807, 2.05) is 54.6 Å². The average molecular weight is 340 g/mol. The van der Waals surface area contributed by atoms with Crippen molar-refractivity contribution in [1.29, 1.82) is 0 Å². The minimum atomic E-state index is -0.220. The Kier molecular flexibility index (Phi) is 6.04. The fraction of sp³-hybridized carbons (Fsp3) is 0.350. The van der Waals surface area contributed by atoms with E-state index in [9.17, 15) is 9.90 Å². The summed E-state index contributed by atoms with van der Waals surface area (Å²) in [5.74, 6) is 0.737. The lowest BCUT2D eigenvalue weighted by Gasteiger charge is -2.28. The van der Waals surface area contributed by atoms with Crippen LogP contribution in [0.5, 0.6) is 5.75 Å². The molecular weight excluding hydrogens is 316 g/mol. The minimum absolute atomic E-state index is 0.0330. The topological polar surface area (TPSA) is 61.8 Å². The third-order valence-electron chi connectivity index (χ3n) is 4.31. The van der Waals surface area contributed by atoms with Crippen molar-refractivity contribution in [2.45, 2.75) is 25.6 Å². The highest BCUT2D eigenvalue weighted by atomic mass is 16.5. The van der Waals surface area contributed by atoms with Gasteiger partial charge >= 0.3 is 0 Å². The van der Waals surface area contributed by atoms with E-state index in [4.69, 9.17) is 4.74 Å². The van der Waals surface area contributed by atoms with Crippen molar-refractivity contribution in [2.24, 2.45) is 0 Å². The Hall–Kier alpha value is -2.37. The van der Waals surface area contributed by atoms with Crippen molar-refractivity contribution in [2.75, 3.05) is 25.0 Å². The summed E-state index contributed by atoms with van der Waals surface area (Å²) in [5, 5.41) is 12.4. The maximum Gasteiger partial charge on any atom is 0.238 e. The summed E-state index contributed by atoms with van der Waals surface area (Å²) in [6.45, 7) is 2.41. The largest absolute Gasteiger partial charge is 0.489 e. The number of carbonyl (C=O) groups is 1. The van der Waals surface area contributed by atoms with Crippen LogP contribution in [0.1, 0.15) is 18.4 Å². The molecule has 3 rings (SSSR count). The molecule has 0 aromatic heterocycles. The lowest BCUT2D eigenvalue weighted by Crippen LogP contribution is -2.40. The monoisotopic (exact) mass is 340 g/mol. The van der Waals surface area contributed by atoms with Gasteiger partial charge in [0.2, 0.25) is 5.91 Å². The molecule has 1 fully saturated rings. The fourth-order valence-corrected chi connectivity index (χ4v) is 2.86. The van der Waals surface area contributed by atoms with E-state index in [0.29, 0.717) is 13.2 Å². The van der Waals surface area contributed by atoms with Crippen molar-refractivity contribution in [3.63, 3.8) is 0 Å². The van der Waals surface area contributed by atoms with E-state index < -0.39 is 0 Å². The van der Waals surface area contributed by atoms with Crippen LogP contribution in [0.2, 0.25) is 0 Å². The molecule has 0 aliphatic carbocycles. The molecule has 1 aliphatic heterocycles. The van der Waals surface area contributed by atoms with Crippen molar-refractivity contribution >= 4 is 11.6 Å². The molecule has 2 N–H and O–H groups in total. The Morgan fingerprint density at radius 3 is 2.44 bits per heavy atom. The van der Waals surface area contributed by atoms with Gasteiger partial charge in [0, 0.05) is 18.8 Å². The van der Waals surface area contributed by atoms with E-state index in [1.54, 1.807) is 0 Å². The van der Waals surface area contributed by atoms with Crippen molar-refractivity contribution in [3.8, 4) is 5.75 Å². The number of amides is 1. The van der Waals surface area contributed by atoms with E-state index in [-0.39, 0.29) is 12.0 Å². The molecule has 0 saturated carbocycles. The number of hydrogen-bond donors (Lipinski definition) is 2. The van der Waals surface area contributed by atoms with E-state index in [0.717, 1.165) is 42.9 Å². The molecule has 1 aliphatic rings. The second kappa shape index (κ2) is 8.65. The fourth-order valence-electron chi connectivity index (χ4n) is 2.86. The van der Waals surface area contributed by atoms with Gasteiger partial charge in [0.15, 0.2) is 0 Å². The predicted molar refractivity (Wildman–Crippen MR) is 97.5 cm³/mol. The second-order valence-electron chi connectivity index (χ2n) is 6.35. The molecule has 132 valence electrons. The number of piperidine rings is 1. The van der Waals surface area contributed by atoms with Gasteiger partial charge in [-0.2, -0.15) is 0 Å². The van der Waals surface area contributed by atoms with Crippen LogP contribution in [-0.2, 0) is 11.4 Å². The number of anilines is 1. The third kappa shape index (κ3) is 5.59. The van der Waals surface area contributed by atoms with Crippen LogP contribution in [-0.4, -0.2) is 41.7 Å². The number of benzene rings is 2. The summed E-state index contributed by atoms with van der Waals surface area (Å²) >= 11 is 0. The molecule has 0 bridgehead atoms. The maximum atomic E-state index is 12.1. The summed E-state index contributed by atoms with van der Waals surface area (Å²) < 4.78 is 5.74.